The lowest BCUT2D eigenvalue weighted by Crippen LogP contribution is -2.19. The first-order chi connectivity index (χ1) is 11.0. The highest BCUT2D eigenvalue weighted by Gasteiger charge is 2.24. The van der Waals surface area contributed by atoms with Gasteiger partial charge in [-0.15, -0.1) is 0 Å². The second-order valence-corrected chi connectivity index (χ2v) is 6.49. The molecule has 2 aromatic rings. The van der Waals surface area contributed by atoms with E-state index in [0.29, 0.717) is 20.8 Å². The van der Waals surface area contributed by atoms with E-state index in [0.717, 1.165) is 11.1 Å². The number of aryl methyl sites for hydroxylation is 1. The van der Waals surface area contributed by atoms with Gasteiger partial charge in [-0.3, -0.25) is 4.79 Å². The summed E-state index contributed by atoms with van der Waals surface area (Å²) in [6.07, 6.45) is 1.77. The summed E-state index contributed by atoms with van der Waals surface area (Å²) < 4.78 is 0. The van der Waals surface area contributed by atoms with Crippen LogP contribution in [-0.2, 0) is 4.79 Å². The van der Waals surface area contributed by atoms with Gasteiger partial charge in [0, 0.05) is 5.02 Å². The van der Waals surface area contributed by atoms with Gasteiger partial charge in [0.2, 0.25) is 0 Å². The first-order valence-corrected chi connectivity index (χ1v) is 8.05. The number of phenols is 1. The SMILES string of the molecule is Cc1ccc(N=C2NC(=O)/C(=C/c3ccc(Cl)cc3)S2)c(O)c1. The number of amides is 1. The van der Waals surface area contributed by atoms with Gasteiger partial charge >= 0.3 is 0 Å². The van der Waals surface area contributed by atoms with Gasteiger partial charge in [-0.25, -0.2) is 4.99 Å². The summed E-state index contributed by atoms with van der Waals surface area (Å²) in [5.74, 6) is -0.127. The Bertz CT molecular complexity index is 829. The minimum Gasteiger partial charge on any atom is -0.506 e. The molecule has 0 unspecified atom stereocenters. The summed E-state index contributed by atoms with van der Waals surface area (Å²) in [7, 11) is 0. The lowest BCUT2D eigenvalue weighted by Gasteiger charge is -2.01. The number of carbonyl (C=O) groups excluding carboxylic acids is 1. The maximum Gasteiger partial charge on any atom is 0.264 e. The smallest absolute Gasteiger partial charge is 0.264 e. The molecule has 0 aromatic heterocycles. The molecule has 0 atom stereocenters. The fourth-order valence-electron chi connectivity index (χ4n) is 2.03. The number of hydrogen-bond acceptors (Lipinski definition) is 4. The number of rotatable bonds is 2. The highest BCUT2D eigenvalue weighted by molar-refractivity contribution is 8.18. The van der Waals surface area contributed by atoms with Gasteiger partial charge < -0.3 is 10.4 Å². The van der Waals surface area contributed by atoms with Gasteiger partial charge in [0.1, 0.15) is 11.4 Å². The molecule has 23 heavy (non-hydrogen) atoms. The lowest BCUT2D eigenvalue weighted by atomic mass is 10.2. The Morgan fingerprint density at radius 2 is 1.96 bits per heavy atom. The molecule has 0 bridgehead atoms. The van der Waals surface area contributed by atoms with E-state index in [2.05, 4.69) is 10.3 Å². The average molecular weight is 345 g/mol. The molecule has 0 spiro atoms. The van der Waals surface area contributed by atoms with Crippen LogP contribution >= 0.6 is 23.4 Å². The molecule has 1 fully saturated rings. The Morgan fingerprint density at radius 3 is 2.65 bits per heavy atom. The van der Waals surface area contributed by atoms with Crippen molar-refractivity contribution in [1.29, 1.82) is 0 Å². The molecule has 0 saturated carbocycles. The van der Waals surface area contributed by atoms with Crippen LogP contribution in [0.4, 0.5) is 5.69 Å². The predicted octanol–water partition coefficient (Wildman–Crippen LogP) is 4.25. The van der Waals surface area contributed by atoms with E-state index in [1.807, 2.05) is 25.1 Å². The summed E-state index contributed by atoms with van der Waals surface area (Å²) >= 11 is 7.08. The summed E-state index contributed by atoms with van der Waals surface area (Å²) in [5, 5.41) is 13.7. The predicted molar refractivity (Wildman–Crippen MR) is 95.1 cm³/mol. The molecular weight excluding hydrogens is 332 g/mol. The number of aliphatic imine (C=N–C) groups is 1. The molecule has 116 valence electrons. The van der Waals surface area contributed by atoms with Gasteiger partial charge in [-0.1, -0.05) is 29.8 Å². The molecule has 1 aliphatic rings. The minimum atomic E-state index is -0.213. The van der Waals surface area contributed by atoms with Gasteiger partial charge in [0.25, 0.3) is 5.91 Å². The van der Waals surface area contributed by atoms with Crippen molar-refractivity contribution in [3.8, 4) is 5.75 Å². The van der Waals surface area contributed by atoms with Crippen molar-refractivity contribution in [2.24, 2.45) is 4.99 Å². The third kappa shape index (κ3) is 3.75. The highest BCUT2D eigenvalue weighted by Crippen LogP contribution is 2.32. The number of halogens is 1. The number of aromatic hydroxyl groups is 1. The molecule has 0 radical (unpaired) electrons. The van der Waals surface area contributed by atoms with Gasteiger partial charge in [0.05, 0.1) is 4.91 Å². The normalized spacial score (nSPS) is 17.7. The molecule has 6 heteroatoms. The Labute approximate surface area is 142 Å². The molecule has 1 aliphatic heterocycles. The minimum absolute atomic E-state index is 0.0856. The number of thioether (sulfide) groups is 1. The fourth-order valence-corrected chi connectivity index (χ4v) is 2.99. The van der Waals surface area contributed by atoms with E-state index in [9.17, 15) is 9.90 Å². The quantitative estimate of drug-likeness (QED) is 0.801. The van der Waals surface area contributed by atoms with E-state index < -0.39 is 0 Å². The van der Waals surface area contributed by atoms with Gasteiger partial charge in [-0.2, -0.15) is 0 Å². The number of benzene rings is 2. The van der Waals surface area contributed by atoms with Crippen LogP contribution in [0.25, 0.3) is 6.08 Å². The van der Waals surface area contributed by atoms with Crippen molar-refractivity contribution in [1.82, 2.24) is 5.32 Å². The first kappa shape index (κ1) is 15.6. The van der Waals surface area contributed by atoms with Crippen LogP contribution in [-0.4, -0.2) is 16.2 Å². The molecule has 4 nitrogen and oxygen atoms in total. The van der Waals surface area contributed by atoms with Crippen molar-refractivity contribution in [2.75, 3.05) is 0 Å². The first-order valence-electron chi connectivity index (χ1n) is 6.86. The van der Waals surface area contributed by atoms with Crippen molar-refractivity contribution in [3.63, 3.8) is 0 Å². The van der Waals surface area contributed by atoms with E-state index in [1.54, 1.807) is 30.3 Å². The average Bonchev–Trinajstić information content (AvgIpc) is 2.84. The molecule has 1 amide bonds. The Hall–Kier alpha value is -2.24. The monoisotopic (exact) mass is 344 g/mol. The van der Waals surface area contributed by atoms with Crippen LogP contribution in [0.3, 0.4) is 0 Å². The number of carbonyl (C=O) groups is 1. The largest absolute Gasteiger partial charge is 0.506 e. The zero-order chi connectivity index (χ0) is 16.4. The summed E-state index contributed by atoms with van der Waals surface area (Å²) in [5.41, 5.74) is 2.25. The summed E-state index contributed by atoms with van der Waals surface area (Å²) in [4.78, 5) is 16.8. The van der Waals surface area contributed by atoms with Crippen molar-refractivity contribution in [2.45, 2.75) is 6.92 Å². The number of hydrogen-bond donors (Lipinski definition) is 2. The molecule has 1 heterocycles. The molecule has 3 rings (SSSR count). The van der Waals surface area contributed by atoms with Gasteiger partial charge in [0.15, 0.2) is 5.17 Å². The Morgan fingerprint density at radius 1 is 1.22 bits per heavy atom. The van der Waals surface area contributed by atoms with Gasteiger partial charge in [-0.05, 0) is 60.2 Å². The zero-order valence-corrected chi connectivity index (χ0v) is 13.8. The molecule has 1 saturated heterocycles. The van der Waals surface area contributed by atoms with Crippen LogP contribution in [0.5, 0.6) is 5.75 Å². The third-order valence-electron chi connectivity index (χ3n) is 3.17. The van der Waals surface area contributed by atoms with Crippen LogP contribution in [0, 0.1) is 6.92 Å². The summed E-state index contributed by atoms with van der Waals surface area (Å²) in [6.45, 7) is 1.88. The maximum absolute atomic E-state index is 12.0. The van der Waals surface area contributed by atoms with Crippen LogP contribution in [0.2, 0.25) is 5.02 Å². The van der Waals surface area contributed by atoms with E-state index in [4.69, 9.17) is 11.6 Å². The fraction of sp³-hybridized carbons (Fsp3) is 0.0588. The molecular formula is C17H13ClN2O2S. The lowest BCUT2D eigenvalue weighted by molar-refractivity contribution is -0.115. The highest BCUT2D eigenvalue weighted by atomic mass is 35.5. The topological polar surface area (TPSA) is 61.7 Å². The van der Waals surface area contributed by atoms with E-state index in [-0.39, 0.29) is 11.7 Å². The van der Waals surface area contributed by atoms with Crippen LogP contribution in [0.15, 0.2) is 52.4 Å². The van der Waals surface area contributed by atoms with Crippen LogP contribution < -0.4 is 5.32 Å². The van der Waals surface area contributed by atoms with Crippen LogP contribution in [0.1, 0.15) is 11.1 Å². The van der Waals surface area contributed by atoms with E-state index >= 15 is 0 Å². The van der Waals surface area contributed by atoms with Crippen molar-refractivity contribution >= 4 is 46.2 Å². The van der Waals surface area contributed by atoms with E-state index in [1.165, 1.54) is 11.8 Å². The maximum atomic E-state index is 12.0. The number of nitrogens with one attached hydrogen (secondary N) is 1. The zero-order valence-electron chi connectivity index (χ0n) is 12.2. The standard InChI is InChI=1S/C17H13ClN2O2S/c1-10-2-7-13(14(21)8-10)19-17-20-16(22)15(23-17)9-11-3-5-12(18)6-4-11/h2-9,21H,1H3,(H,19,20,22)/b15-9-. The summed E-state index contributed by atoms with van der Waals surface area (Å²) in [6, 6.07) is 12.4. The Kier molecular flexibility index (Phi) is 4.41. The van der Waals surface area contributed by atoms with Crippen molar-refractivity contribution in [3.05, 3.63) is 63.5 Å². The molecule has 2 N–H and O–H groups in total. The second kappa shape index (κ2) is 6.48. The molecule has 2 aromatic carbocycles. The number of phenolic OH excluding ortho intramolecular Hbond substituents is 1. The third-order valence-corrected chi connectivity index (χ3v) is 4.33. The number of nitrogens with zero attached hydrogens (tertiary/aromatic N) is 1. The van der Waals surface area contributed by atoms with Crippen molar-refractivity contribution < 1.29 is 9.90 Å². The number of amidine groups is 1. The second-order valence-electron chi connectivity index (χ2n) is 5.03. The Balaban J connectivity index is 1.84. The molecule has 0 aliphatic carbocycles.